The molecule has 0 atom stereocenters. The Balaban J connectivity index is 2.05. The van der Waals surface area contributed by atoms with Gasteiger partial charge in [0, 0.05) is 23.9 Å². The molecule has 2 aromatic heterocycles. The maximum Gasteiger partial charge on any atom is 0.416 e. The molecule has 1 aromatic carbocycles. The van der Waals surface area contributed by atoms with Crippen molar-refractivity contribution < 1.29 is 13.2 Å². The summed E-state index contributed by atoms with van der Waals surface area (Å²) in [6.45, 7) is 5.67. The normalized spacial score (nSPS) is 12.1. The third kappa shape index (κ3) is 2.93. The molecule has 0 radical (unpaired) electrons. The predicted molar refractivity (Wildman–Crippen MR) is 81.4 cm³/mol. The van der Waals surface area contributed by atoms with Gasteiger partial charge in [0.2, 0.25) is 0 Å². The van der Waals surface area contributed by atoms with Crippen molar-refractivity contribution in [2.24, 2.45) is 0 Å². The maximum atomic E-state index is 12.8. The smallest absolute Gasteiger partial charge is 0.234 e. The van der Waals surface area contributed by atoms with Crippen LogP contribution >= 0.6 is 0 Å². The molecule has 23 heavy (non-hydrogen) atoms. The van der Waals surface area contributed by atoms with Gasteiger partial charge >= 0.3 is 6.18 Å². The molecule has 0 fully saturated rings. The van der Waals surface area contributed by atoms with Crippen LogP contribution in [0.15, 0.2) is 30.3 Å². The SMILES string of the molecule is Cc1cc2nc(C)c(Cc3cccc(C(F)(F)F)c3)c(C)n2n1. The standard InChI is InChI=1S/C17H16F3N3/c1-10-7-16-21-11(2)15(12(3)23(16)22-10)9-13-5-4-6-14(8-13)17(18,19)20/h4-8H,9H2,1-3H3. The van der Waals surface area contributed by atoms with Gasteiger partial charge in [-0.15, -0.1) is 0 Å². The average Bonchev–Trinajstić information content (AvgIpc) is 2.83. The van der Waals surface area contributed by atoms with E-state index in [0.29, 0.717) is 12.0 Å². The first-order chi connectivity index (χ1) is 10.8. The fourth-order valence-corrected chi connectivity index (χ4v) is 2.76. The van der Waals surface area contributed by atoms with Gasteiger partial charge in [-0.3, -0.25) is 0 Å². The summed E-state index contributed by atoms with van der Waals surface area (Å²) < 4.78 is 40.3. The molecule has 3 rings (SSSR count). The highest BCUT2D eigenvalue weighted by Gasteiger charge is 2.30. The molecule has 0 aliphatic rings. The summed E-state index contributed by atoms with van der Waals surface area (Å²) in [5.74, 6) is 0. The van der Waals surface area contributed by atoms with Crippen LogP contribution in [0.1, 0.15) is 33.8 Å². The summed E-state index contributed by atoms with van der Waals surface area (Å²) in [5.41, 5.74) is 4.21. The minimum atomic E-state index is -4.33. The number of aryl methyl sites for hydroxylation is 3. The number of hydrogen-bond acceptors (Lipinski definition) is 2. The molecule has 0 unspecified atom stereocenters. The van der Waals surface area contributed by atoms with Crippen LogP contribution in [-0.4, -0.2) is 14.6 Å². The second kappa shape index (κ2) is 5.37. The molecule has 120 valence electrons. The van der Waals surface area contributed by atoms with Gasteiger partial charge in [0.1, 0.15) is 0 Å². The zero-order chi connectivity index (χ0) is 16.8. The van der Waals surface area contributed by atoms with E-state index in [-0.39, 0.29) is 0 Å². The first kappa shape index (κ1) is 15.5. The van der Waals surface area contributed by atoms with E-state index in [1.165, 1.54) is 12.1 Å². The van der Waals surface area contributed by atoms with Crippen LogP contribution in [0.25, 0.3) is 5.65 Å². The van der Waals surface area contributed by atoms with E-state index >= 15 is 0 Å². The zero-order valence-electron chi connectivity index (χ0n) is 13.1. The van der Waals surface area contributed by atoms with Crippen molar-refractivity contribution in [2.75, 3.05) is 0 Å². The number of rotatable bonds is 2. The molecular weight excluding hydrogens is 303 g/mol. The van der Waals surface area contributed by atoms with Crippen LogP contribution in [-0.2, 0) is 12.6 Å². The van der Waals surface area contributed by atoms with Crippen LogP contribution in [0.4, 0.5) is 13.2 Å². The summed E-state index contributed by atoms with van der Waals surface area (Å²) in [6.07, 6.45) is -3.94. The Hall–Kier alpha value is -2.37. The fraction of sp³-hybridized carbons (Fsp3) is 0.294. The van der Waals surface area contributed by atoms with Crippen molar-refractivity contribution in [1.29, 1.82) is 0 Å². The number of fused-ring (bicyclic) bond motifs is 1. The minimum Gasteiger partial charge on any atom is -0.234 e. The number of benzene rings is 1. The van der Waals surface area contributed by atoms with E-state index < -0.39 is 11.7 Å². The van der Waals surface area contributed by atoms with Crippen molar-refractivity contribution in [3.05, 3.63) is 64.1 Å². The molecule has 0 saturated carbocycles. The topological polar surface area (TPSA) is 30.2 Å². The van der Waals surface area contributed by atoms with Crippen molar-refractivity contribution in [3.63, 3.8) is 0 Å². The van der Waals surface area contributed by atoms with Gasteiger partial charge in [-0.1, -0.05) is 18.2 Å². The molecule has 0 bridgehead atoms. The minimum absolute atomic E-state index is 0.392. The lowest BCUT2D eigenvalue weighted by Gasteiger charge is -2.13. The van der Waals surface area contributed by atoms with Crippen LogP contribution < -0.4 is 0 Å². The first-order valence-corrected chi connectivity index (χ1v) is 7.24. The van der Waals surface area contributed by atoms with Gasteiger partial charge in [0.15, 0.2) is 5.65 Å². The van der Waals surface area contributed by atoms with E-state index in [2.05, 4.69) is 10.1 Å². The van der Waals surface area contributed by atoms with E-state index in [0.717, 1.165) is 34.4 Å². The Morgan fingerprint density at radius 1 is 1.09 bits per heavy atom. The van der Waals surface area contributed by atoms with Crippen LogP contribution in [0.2, 0.25) is 0 Å². The van der Waals surface area contributed by atoms with E-state index in [1.807, 2.05) is 26.8 Å². The highest BCUT2D eigenvalue weighted by atomic mass is 19.4. The third-order valence-corrected chi connectivity index (χ3v) is 3.92. The molecule has 3 nitrogen and oxygen atoms in total. The maximum absolute atomic E-state index is 12.8. The average molecular weight is 319 g/mol. The van der Waals surface area contributed by atoms with Crippen molar-refractivity contribution >= 4 is 5.65 Å². The predicted octanol–water partition coefficient (Wildman–Crippen LogP) is 4.26. The Morgan fingerprint density at radius 3 is 2.52 bits per heavy atom. The molecule has 3 aromatic rings. The summed E-state index contributed by atoms with van der Waals surface area (Å²) >= 11 is 0. The number of halogens is 3. The van der Waals surface area contributed by atoms with Gasteiger partial charge in [0.25, 0.3) is 0 Å². The molecule has 0 aliphatic carbocycles. The second-order valence-electron chi connectivity index (χ2n) is 5.69. The number of hydrogen-bond donors (Lipinski definition) is 0. The summed E-state index contributed by atoms with van der Waals surface area (Å²) in [5, 5.41) is 4.39. The highest BCUT2D eigenvalue weighted by Crippen LogP contribution is 2.30. The van der Waals surface area contributed by atoms with Crippen LogP contribution in [0.5, 0.6) is 0 Å². The van der Waals surface area contributed by atoms with Gasteiger partial charge in [-0.05, 0) is 38.0 Å². The van der Waals surface area contributed by atoms with Crippen LogP contribution in [0.3, 0.4) is 0 Å². The number of alkyl halides is 3. The number of aromatic nitrogens is 3. The Morgan fingerprint density at radius 2 is 1.83 bits per heavy atom. The Bertz CT molecular complexity index is 879. The van der Waals surface area contributed by atoms with E-state index in [1.54, 1.807) is 10.6 Å². The second-order valence-corrected chi connectivity index (χ2v) is 5.69. The fourth-order valence-electron chi connectivity index (χ4n) is 2.76. The van der Waals surface area contributed by atoms with Gasteiger partial charge in [-0.25, -0.2) is 9.50 Å². The quantitative estimate of drug-likeness (QED) is 0.706. The van der Waals surface area contributed by atoms with E-state index in [4.69, 9.17) is 0 Å². The highest BCUT2D eigenvalue weighted by molar-refractivity contribution is 5.45. The molecule has 0 aliphatic heterocycles. The molecule has 0 spiro atoms. The Kier molecular flexibility index (Phi) is 3.62. The lowest BCUT2D eigenvalue weighted by molar-refractivity contribution is -0.137. The van der Waals surface area contributed by atoms with Crippen molar-refractivity contribution in [2.45, 2.75) is 33.4 Å². The summed E-state index contributed by atoms with van der Waals surface area (Å²) in [6, 6.07) is 7.30. The summed E-state index contributed by atoms with van der Waals surface area (Å²) in [7, 11) is 0. The largest absolute Gasteiger partial charge is 0.416 e. The van der Waals surface area contributed by atoms with Crippen molar-refractivity contribution in [1.82, 2.24) is 14.6 Å². The van der Waals surface area contributed by atoms with Crippen molar-refractivity contribution in [3.8, 4) is 0 Å². The molecule has 6 heteroatoms. The zero-order valence-corrected chi connectivity index (χ0v) is 13.1. The van der Waals surface area contributed by atoms with Crippen LogP contribution in [0, 0.1) is 20.8 Å². The lowest BCUT2D eigenvalue weighted by atomic mass is 10.0. The molecular formula is C17H16F3N3. The molecule has 0 saturated heterocycles. The summed E-state index contributed by atoms with van der Waals surface area (Å²) in [4.78, 5) is 4.50. The molecule has 0 N–H and O–H groups in total. The first-order valence-electron chi connectivity index (χ1n) is 7.24. The monoisotopic (exact) mass is 319 g/mol. The third-order valence-electron chi connectivity index (χ3n) is 3.92. The van der Waals surface area contributed by atoms with Gasteiger partial charge in [0.05, 0.1) is 11.3 Å². The van der Waals surface area contributed by atoms with Gasteiger partial charge < -0.3 is 0 Å². The molecule has 2 heterocycles. The number of nitrogens with zero attached hydrogens (tertiary/aromatic N) is 3. The molecule has 0 amide bonds. The van der Waals surface area contributed by atoms with E-state index in [9.17, 15) is 13.2 Å². The Labute approximate surface area is 131 Å². The van der Waals surface area contributed by atoms with Gasteiger partial charge in [-0.2, -0.15) is 18.3 Å². The lowest BCUT2D eigenvalue weighted by Crippen LogP contribution is -2.08.